The van der Waals surface area contributed by atoms with E-state index < -0.39 is 12.3 Å². The van der Waals surface area contributed by atoms with E-state index in [2.05, 4.69) is 40.4 Å². The van der Waals surface area contributed by atoms with E-state index in [4.69, 9.17) is 5.26 Å². The number of hydrogen-bond donors (Lipinski definition) is 1. The summed E-state index contributed by atoms with van der Waals surface area (Å²) in [6.07, 6.45) is 0. The van der Waals surface area contributed by atoms with Gasteiger partial charge in [0, 0.05) is 0 Å². The van der Waals surface area contributed by atoms with Crippen molar-refractivity contribution in [2.24, 2.45) is 0 Å². The Morgan fingerprint density at radius 3 is 1.80 bits per heavy atom. The molecule has 1 N–H and O–H groups in total. The molecule has 0 spiro atoms. The van der Waals surface area contributed by atoms with Crippen LogP contribution in [0.1, 0.15) is 0 Å². The Balaban J connectivity index is 2.54. The summed E-state index contributed by atoms with van der Waals surface area (Å²) in [5.41, 5.74) is 0. The summed E-state index contributed by atoms with van der Waals surface area (Å²) in [4.78, 5) is 0. The number of halogens is 3. The van der Waals surface area contributed by atoms with Gasteiger partial charge in [-0.25, -0.2) is 0 Å². The summed E-state index contributed by atoms with van der Waals surface area (Å²) >= 11 is 2.87. The molecule has 0 aliphatic heterocycles. The van der Waals surface area contributed by atoms with Gasteiger partial charge in [0.25, 0.3) is 0 Å². The molecule has 0 fully saturated rings. The van der Waals surface area contributed by atoms with Crippen molar-refractivity contribution >= 4 is 49.5 Å². The molecular weight excluding hydrogens is 413 g/mol. The number of rotatable bonds is 1. The summed E-state index contributed by atoms with van der Waals surface area (Å²) in [5.74, 6) is 0. The molecule has 2 nitrogen and oxygen atoms in total. The Hall–Kier alpha value is 2.11. The third-order valence-electron chi connectivity index (χ3n) is 0.0522. The molecule has 5 heavy (non-hydrogen) atoms. The van der Waals surface area contributed by atoms with Gasteiger partial charge in [0.2, 0.25) is 0 Å². The van der Waals surface area contributed by atoms with Crippen molar-refractivity contribution in [3.05, 3.63) is 0 Å². The van der Waals surface area contributed by atoms with Crippen LogP contribution in [0.15, 0.2) is 0 Å². The van der Waals surface area contributed by atoms with Gasteiger partial charge in [-0.1, -0.05) is 0 Å². The van der Waals surface area contributed by atoms with Crippen LogP contribution in [0.3, 0.4) is 0 Å². The molecule has 0 aliphatic rings. The summed E-state index contributed by atoms with van der Waals surface area (Å²) < 4.78 is 3.88. The summed E-state index contributed by atoms with van der Waals surface area (Å²) in [7, 11) is 0. The number of hydrogen-bond acceptors (Lipinski definition) is 2. The molecule has 0 saturated carbocycles. The van der Waals surface area contributed by atoms with Crippen molar-refractivity contribution in [1.29, 1.82) is 0 Å². The van der Waals surface area contributed by atoms with E-state index in [-0.39, 0.29) is 0 Å². The molecule has 0 aliphatic carbocycles. The van der Waals surface area contributed by atoms with E-state index in [0.717, 1.165) is 0 Å². The molecule has 0 radical (unpaired) electrons. The fraction of sp³-hybridized carbons (Fsp3) is 0. The van der Waals surface area contributed by atoms with E-state index >= 15 is 0 Å². The molecule has 0 atom stereocenters. The average molecular weight is 414 g/mol. The van der Waals surface area contributed by atoms with Crippen molar-refractivity contribution in [2.45, 2.75) is 0 Å². The van der Waals surface area contributed by atoms with E-state index in [1.165, 1.54) is 0 Å². The van der Waals surface area contributed by atoms with Gasteiger partial charge >= 0.3 is 58.0 Å². The Bertz CT molecular complexity index is 18.9. The molecule has 5 heteroatoms. The van der Waals surface area contributed by atoms with Crippen LogP contribution in [-0.2, 0) is 3.22 Å². The Morgan fingerprint density at radius 1 is 1.60 bits per heavy atom. The monoisotopic (exact) mass is 414 g/mol. The van der Waals surface area contributed by atoms with Crippen molar-refractivity contribution in [2.75, 3.05) is 0 Å². The first kappa shape index (κ1) is 7.11. The van der Waals surface area contributed by atoms with E-state index in [1.807, 2.05) is 0 Å². The van der Waals surface area contributed by atoms with Crippen LogP contribution in [-0.4, -0.2) is 5.26 Å². The zero-order chi connectivity index (χ0) is 4.28. The molecule has 0 rings (SSSR count). The maximum absolute atomic E-state index is 7.70. The third kappa shape index (κ3) is 6.11. The second-order valence-corrected chi connectivity index (χ2v) is 22.0. The average Bonchev–Trinajstić information content (AvgIpc) is 1.38. The maximum atomic E-state index is 7.70. The standard InChI is InChI=1S/HI3O2/c1-3(2)5-4/h4H. The van der Waals surface area contributed by atoms with Gasteiger partial charge in [-0.05, 0) is 0 Å². The van der Waals surface area contributed by atoms with Gasteiger partial charge in [-0.3, -0.25) is 0 Å². The van der Waals surface area contributed by atoms with E-state index in [9.17, 15) is 0 Å². The molecule has 0 bridgehead atoms. The fourth-order valence-corrected chi connectivity index (χ4v) is 0. The van der Waals surface area contributed by atoms with E-state index in [0.29, 0.717) is 0 Å². The molecular formula is HI3O2. The molecule has 34 valence electrons. The normalized spacial score (nSPS) is 11.4. The first-order valence-corrected chi connectivity index (χ1v) is 14.1. The van der Waals surface area contributed by atoms with Crippen molar-refractivity contribution in [1.82, 2.24) is 0 Å². The second-order valence-electron chi connectivity index (χ2n) is 0.240. The molecule has 0 aromatic carbocycles. The SMILES string of the molecule is OOI(I)I. The summed E-state index contributed by atoms with van der Waals surface area (Å²) in [6.45, 7) is 0. The van der Waals surface area contributed by atoms with Gasteiger partial charge < -0.3 is 0 Å². The van der Waals surface area contributed by atoms with Crippen LogP contribution in [0.25, 0.3) is 0 Å². The van der Waals surface area contributed by atoms with Crippen LogP contribution in [0, 0.1) is 0 Å². The molecule has 0 heterocycles. The van der Waals surface area contributed by atoms with Crippen molar-refractivity contribution < 1.29 is 8.47 Å². The summed E-state index contributed by atoms with van der Waals surface area (Å²) in [6, 6.07) is 0. The third-order valence-corrected chi connectivity index (χ3v) is 2.35. The van der Waals surface area contributed by atoms with Crippen molar-refractivity contribution in [3.8, 4) is 0 Å². The van der Waals surface area contributed by atoms with E-state index in [1.54, 1.807) is 0 Å². The zero-order valence-electron chi connectivity index (χ0n) is 1.99. The van der Waals surface area contributed by atoms with Crippen LogP contribution in [0.4, 0.5) is 0 Å². The molecule has 0 unspecified atom stereocenters. The van der Waals surface area contributed by atoms with Gasteiger partial charge in [-0.2, -0.15) is 0 Å². The Labute approximate surface area is 56.9 Å². The first-order chi connectivity index (χ1) is 2.27. The van der Waals surface area contributed by atoms with Gasteiger partial charge in [-0.15, -0.1) is 0 Å². The molecule has 0 amide bonds. The predicted molar refractivity (Wildman–Crippen MR) is 45.8 cm³/mol. The molecule has 0 aromatic heterocycles. The topological polar surface area (TPSA) is 29.5 Å². The van der Waals surface area contributed by atoms with Crippen LogP contribution in [0.2, 0.25) is 0 Å². The molecule has 0 aromatic rings. The van der Waals surface area contributed by atoms with Crippen molar-refractivity contribution in [3.63, 3.8) is 0 Å². The van der Waals surface area contributed by atoms with Gasteiger partial charge in [0.1, 0.15) is 0 Å². The second kappa shape index (κ2) is 4.27. The Kier molecular flexibility index (Phi) is 6.08. The zero-order valence-corrected chi connectivity index (χ0v) is 8.46. The van der Waals surface area contributed by atoms with Gasteiger partial charge in [0.05, 0.1) is 0 Å². The summed E-state index contributed by atoms with van der Waals surface area (Å²) in [5, 5.41) is 7.70. The van der Waals surface area contributed by atoms with Crippen LogP contribution in [0.5, 0.6) is 0 Å². The minimum absolute atomic E-state index is 1.29. The van der Waals surface area contributed by atoms with Crippen LogP contribution >= 0.6 is 49.5 Å². The fourth-order valence-electron chi connectivity index (χ4n) is 0. The quantitative estimate of drug-likeness (QED) is 0.407. The van der Waals surface area contributed by atoms with Gasteiger partial charge in [0.15, 0.2) is 0 Å². The minimum atomic E-state index is -1.29. The van der Waals surface area contributed by atoms with Crippen LogP contribution < -0.4 is 0 Å². The Morgan fingerprint density at radius 2 is 1.80 bits per heavy atom. The first-order valence-electron chi connectivity index (χ1n) is 0.623. The molecule has 0 saturated heterocycles. The predicted octanol–water partition coefficient (Wildman–Crippen LogP) is 2.60.